The molecule has 2 rings (SSSR count). The van der Waals surface area contributed by atoms with Crippen LogP contribution in [0.2, 0.25) is 0 Å². The van der Waals surface area contributed by atoms with Crippen LogP contribution < -0.4 is 5.32 Å². The molecule has 0 aromatic heterocycles. The zero-order valence-corrected chi connectivity index (χ0v) is 15.8. The van der Waals surface area contributed by atoms with Crippen LogP contribution in [-0.4, -0.2) is 68.1 Å². The topological polar surface area (TPSA) is 18.5 Å². The van der Waals surface area contributed by atoms with Crippen LogP contribution in [0, 0.1) is 0 Å². The third-order valence-corrected chi connectivity index (χ3v) is 3.67. The van der Waals surface area contributed by atoms with E-state index in [1.165, 1.54) is 39.1 Å². The van der Waals surface area contributed by atoms with Crippen molar-refractivity contribution in [2.24, 2.45) is 0 Å². The van der Waals surface area contributed by atoms with Gasteiger partial charge in [0.2, 0.25) is 0 Å². The summed E-state index contributed by atoms with van der Waals surface area (Å²) in [5.74, 6) is -2.42. The Morgan fingerprint density at radius 1 is 1.00 bits per heavy atom. The molecule has 5 heteroatoms. The number of alkyl halides is 2. The minimum atomic E-state index is -2.42. The van der Waals surface area contributed by atoms with Crippen LogP contribution in [0.5, 0.6) is 0 Å². The molecule has 23 heavy (non-hydrogen) atoms. The highest BCUT2D eigenvalue weighted by atomic mass is 19.3. The van der Waals surface area contributed by atoms with Crippen LogP contribution in [0.15, 0.2) is 13.2 Å². The van der Waals surface area contributed by atoms with Crippen molar-refractivity contribution < 1.29 is 8.78 Å². The minimum absolute atomic E-state index is 0.0382. The summed E-state index contributed by atoms with van der Waals surface area (Å²) in [4.78, 5) is 4.31. The second kappa shape index (κ2) is 16.3. The normalized spacial score (nSPS) is 20.8. The van der Waals surface area contributed by atoms with Crippen LogP contribution in [0.1, 0.15) is 47.0 Å². The molecular weight excluding hydrogens is 296 g/mol. The lowest BCUT2D eigenvalue weighted by Crippen LogP contribution is -2.43. The number of piperidine rings is 1. The lowest BCUT2D eigenvalue weighted by molar-refractivity contribution is -0.0625. The number of nitrogens with zero attached hydrogens (tertiary/aromatic N) is 2. The van der Waals surface area contributed by atoms with Crippen molar-refractivity contribution in [3.05, 3.63) is 13.2 Å². The maximum absolute atomic E-state index is 12.6. The van der Waals surface area contributed by atoms with Gasteiger partial charge in [0.1, 0.15) is 0 Å². The monoisotopic (exact) mass is 335 g/mol. The average Bonchev–Trinajstić information content (AvgIpc) is 2.59. The van der Waals surface area contributed by atoms with Gasteiger partial charge in [0, 0.05) is 32.6 Å². The van der Waals surface area contributed by atoms with Gasteiger partial charge in [-0.2, -0.15) is 0 Å². The second-order valence-electron chi connectivity index (χ2n) is 5.42. The minimum Gasteiger partial charge on any atom is -0.314 e. The maximum atomic E-state index is 12.6. The van der Waals surface area contributed by atoms with Gasteiger partial charge in [-0.15, -0.1) is 13.2 Å². The van der Waals surface area contributed by atoms with E-state index in [2.05, 4.69) is 30.3 Å². The highest BCUT2D eigenvalue weighted by Gasteiger charge is 2.34. The molecule has 2 saturated heterocycles. The molecule has 2 fully saturated rings. The molecular formula is C18H39F2N3. The molecule has 0 spiro atoms. The van der Waals surface area contributed by atoms with E-state index in [1.54, 1.807) is 4.90 Å². The van der Waals surface area contributed by atoms with E-state index in [1.807, 2.05) is 20.8 Å². The molecule has 0 saturated carbocycles. The van der Waals surface area contributed by atoms with Gasteiger partial charge >= 0.3 is 0 Å². The van der Waals surface area contributed by atoms with E-state index in [0.717, 1.165) is 13.1 Å². The third kappa shape index (κ3) is 13.6. The summed E-state index contributed by atoms with van der Waals surface area (Å²) in [5.41, 5.74) is 0. The van der Waals surface area contributed by atoms with Crippen molar-refractivity contribution in [2.45, 2.75) is 52.9 Å². The Morgan fingerprint density at radius 3 is 1.96 bits per heavy atom. The van der Waals surface area contributed by atoms with Crippen molar-refractivity contribution in [1.82, 2.24) is 15.1 Å². The molecule has 0 unspecified atom stereocenters. The maximum Gasteiger partial charge on any atom is 0.260 e. The predicted molar refractivity (Wildman–Crippen MR) is 98.5 cm³/mol. The third-order valence-electron chi connectivity index (χ3n) is 3.67. The lowest BCUT2D eigenvalue weighted by atomic mass is 10.1. The summed E-state index contributed by atoms with van der Waals surface area (Å²) in [7, 11) is 0. The highest BCUT2D eigenvalue weighted by molar-refractivity contribution is 4.77. The average molecular weight is 336 g/mol. The van der Waals surface area contributed by atoms with Crippen LogP contribution in [0.25, 0.3) is 0 Å². The molecule has 2 aliphatic heterocycles. The number of hydrogen-bond donors (Lipinski definition) is 1. The first kappa shape index (κ1) is 24.7. The first-order chi connectivity index (χ1) is 11.1. The molecule has 0 radical (unpaired) electrons. The van der Waals surface area contributed by atoms with Crippen molar-refractivity contribution in [2.75, 3.05) is 52.4 Å². The molecule has 2 aliphatic rings. The summed E-state index contributed by atoms with van der Waals surface area (Å²) >= 11 is 0. The summed E-state index contributed by atoms with van der Waals surface area (Å²) in [6.07, 6.45) is 2.00. The van der Waals surface area contributed by atoms with Crippen LogP contribution >= 0.6 is 0 Å². The SMILES string of the molecule is C=C.CC.CCCN1CCNCC1.CCN1CCCC(F)(F)C1. The van der Waals surface area contributed by atoms with Gasteiger partial charge in [-0.25, -0.2) is 8.78 Å². The Hall–Kier alpha value is -0.520. The Bertz CT molecular complexity index is 242. The van der Waals surface area contributed by atoms with Gasteiger partial charge in [0.05, 0.1) is 6.54 Å². The van der Waals surface area contributed by atoms with Crippen molar-refractivity contribution >= 4 is 0 Å². The summed E-state index contributed by atoms with van der Waals surface area (Å²) < 4.78 is 25.2. The fourth-order valence-corrected chi connectivity index (χ4v) is 2.57. The van der Waals surface area contributed by atoms with Gasteiger partial charge in [0.15, 0.2) is 0 Å². The molecule has 2 heterocycles. The number of piperazine rings is 1. The predicted octanol–water partition coefficient (Wildman–Crippen LogP) is 3.87. The Labute approximate surface area is 143 Å². The lowest BCUT2D eigenvalue weighted by Gasteiger charge is -2.31. The number of likely N-dealkylation sites (tertiary alicyclic amines) is 1. The van der Waals surface area contributed by atoms with Crippen molar-refractivity contribution in [3.8, 4) is 0 Å². The van der Waals surface area contributed by atoms with E-state index in [9.17, 15) is 8.78 Å². The van der Waals surface area contributed by atoms with Gasteiger partial charge in [-0.1, -0.05) is 27.7 Å². The molecule has 0 bridgehead atoms. The van der Waals surface area contributed by atoms with E-state index in [4.69, 9.17) is 0 Å². The molecule has 3 nitrogen and oxygen atoms in total. The van der Waals surface area contributed by atoms with Gasteiger partial charge in [-0.05, 0) is 32.5 Å². The zero-order chi connectivity index (χ0) is 18.1. The summed E-state index contributed by atoms with van der Waals surface area (Å²) in [6, 6.07) is 0. The molecule has 0 atom stereocenters. The summed E-state index contributed by atoms with van der Waals surface area (Å²) in [6.45, 7) is 21.8. The number of hydrogen-bond acceptors (Lipinski definition) is 3. The van der Waals surface area contributed by atoms with Crippen LogP contribution in [0.4, 0.5) is 8.78 Å². The Balaban J connectivity index is 0. The smallest absolute Gasteiger partial charge is 0.260 e. The number of halogens is 2. The Kier molecular flexibility index (Phi) is 17.6. The quantitative estimate of drug-likeness (QED) is 0.790. The van der Waals surface area contributed by atoms with Gasteiger partial charge in [0.25, 0.3) is 5.92 Å². The number of rotatable bonds is 3. The van der Waals surface area contributed by atoms with E-state index < -0.39 is 5.92 Å². The molecule has 1 N–H and O–H groups in total. The van der Waals surface area contributed by atoms with Crippen molar-refractivity contribution in [1.29, 1.82) is 0 Å². The fraction of sp³-hybridized carbons (Fsp3) is 0.889. The van der Waals surface area contributed by atoms with Crippen LogP contribution in [-0.2, 0) is 0 Å². The fourth-order valence-electron chi connectivity index (χ4n) is 2.57. The summed E-state index contributed by atoms with van der Waals surface area (Å²) in [5, 5.41) is 3.33. The molecule has 0 aromatic carbocycles. The van der Waals surface area contributed by atoms with Crippen molar-refractivity contribution in [3.63, 3.8) is 0 Å². The highest BCUT2D eigenvalue weighted by Crippen LogP contribution is 2.25. The second-order valence-corrected chi connectivity index (χ2v) is 5.42. The molecule has 140 valence electrons. The molecule has 0 aromatic rings. The van der Waals surface area contributed by atoms with E-state index in [0.29, 0.717) is 6.42 Å². The largest absolute Gasteiger partial charge is 0.314 e. The standard InChI is InChI=1S/C7H13F2N.C7H16N2.C2H6.C2H4/c1-2-10-5-3-4-7(8,9)6-10;1-2-5-9-6-3-8-4-7-9;2*1-2/h2-6H2,1H3;8H,2-7H2,1H3;1-2H3;1-2H2. The van der Waals surface area contributed by atoms with Gasteiger partial charge < -0.3 is 10.2 Å². The zero-order valence-electron chi connectivity index (χ0n) is 15.8. The van der Waals surface area contributed by atoms with Gasteiger partial charge in [-0.3, -0.25) is 4.90 Å². The first-order valence-corrected chi connectivity index (χ1v) is 9.10. The van der Waals surface area contributed by atoms with E-state index in [-0.39, 0.29) is 13.0 Å². The number of nitrogens with one attached hydrogen (secondary N) is 1. The molecule has 0 aliphatic carbocycles. The van der Waals surface area contributed by atoms with Crippen LogP contribution in [0.3, 0.4) is 0 Å². The first-order valence-electron chi connectivity index (χ1n) is 9.10. The van der Waals surface area contributed by atoms with E-state index >= 15 is 0 Å². The Morgan fingerprint density at radius 2 is 1.57 bits per heavy atom. The molecule has 0 amide bonds.